The fraction of sp³-hybridized carbons (Fsp3) is 0. The Hall–Kier alpha value is -2.98. The zero-order chi connectivity index (χ0) is 17.2. The van der Waals surface area contributed by atoms with Crippen LogP contribution < -0.4 is 0 Å². The topological polar surface area (TPSA) is 78.1 Å². The van der Waals surface area contributed by atoms with Gasteiger partial charge >= 0.3 is 0 Å². The van der Waals surface area contributed by atoms with E-state index in [1.165, 1.54) is 12.1 Å². The first kappa shape index (κ1) is 20.1. The molecule has 0 spiro atoms. The van der Waals surface area contributed by atoms with Gasteiger partial charge in [0.1, 0.15) is 22.9 Å². The second-order valence-corrected chi connectivity index (χ2v) is 4.64. The van der Waals surface area contributed by atoms with E-state index in [0.717, 1.165) is 5.69 Å². The molecule has 2 aromatic carbocycles. The number of pyridine rings is 1. The van der Waals surface area contributed by atoms with Crippen molar-refractivity contribution in [2.24, 2.45) is 10.2 Å². The van der Waals surface area contributed by atoms with Gasteiger partial charge in [-0.05, 0) is 42.5 Å². The van der Waals surface area contributed by atoms with E-state index < -0.39 is 0 Å². The van der Waals surface area contributed by atoms with Gasteiger partial charge in [0.2, 0.25) is 0 Å². The number of phenolic OH excluding ortho intramolecular Hbond substituents is 2. The van der Waals surface area contributed by atoms with Crippen LogP contribution in [0.1, 0.15) is 5.69 Å². The van der Waals surface area contributed by atoms with Crippen LogP contribution in [0.15, 0.2) is 89.7 Å². The van der Waals surface area contributed by atoms with Gasteiger partial charge in [0.25, 0.3) is 0 Å². The summed E-state index contributed by atoms with van der Waals surface area (Å²) in [4.78, 5) is 3.98. The van der Waals surface area contributed by atoms with Crippen molar-refractivity contribution < 1.29 is 26.7 Å². The molecule has 2 N–H and O–H groups in total. The van der Waals surface area contributed by atoms with E-state index in [9.17, 15) is 10.2 Å². The van der Waals surface area contributed by atoms with Crippen LogP contribution >= 0.6 is 0 Å². The summed E-state index contributed by atoms with van der Waals surface area (Å²) in [5, 5.41) is 26.6. The summed E-state index contributed by atoms with van der Waals surface area (Å²) in [5.74, 6) is 0.114. The number of hydrogen-bond donors (Lipinski definition) is 2. The van der Waals surface area contributed by atoms with Crippen LogP contribution in [0, 0.1) is 0 Å². The van der Waals surface area contributed by atoms with Crippen LogP contribution in [-0.2, 0) is 16.5 Å². The molecule has 130 valence electrons. The molecule has 5 nitrogen and oxygen atoms in total. The molecule has 3 aromatic rings. The fourth-order valence-electron chi connectivity index (χ4n) is 1.70. The Kier molecular flexibility index (Phi) is 8.62. The summed E-state index contributed by atoms with van der Waals surface area (Å²) < 4.78 is 0. The Morgan fingerprint density at radius 3 is 1.60 bits per heavy atom. The maximum Gasteiger partial charge on any atom is 0.143 e. The van der Waals surface area contributed by atoms with Gasteiger partial charge < -0.3 is 10.2 Å². The first-order valence-electron chi connectivity index (χ1n) is 7.22. The average molecular weight is 378 g/mol. The van der Waals surface area contributed by atoms with Crippen LogP contribution in [0.3, 0.4) is 0 Å². The summed E-state index contributed by atoms with van der Waals surface area (Å²) in [7, 11) is 0. The Labute approximate surface area is 156 Å². The van der Waals surface area contributed by atoms with E-state index >= 15 is 0 Å². The Balaban J connectivity index is 0.000000295. The molecule has 0 saturated heterocycles. The molecule has 0 bridgehead atoms. The number of aromatic hydroxyl groups is 2. The van der Waals surface area contributed by atoms with Gasteiger partial charge in [-0.3, -0.25) is 4.98 Å². The first-order valence-corrected chi connectivity index (χ1v) is 7.22. The van der Waals surface area contributed by atoms with Gasteiger partial charge in [0, 0.05) is 22.7 Å². The van der Waals surface area contributed by atoms with E-state index in [-0.39, 0.29) is 28.0 Å². The van der Waals surface area contributed by atoms with Gasteiger partial charge in [-0.1, -0.05) is 36.9 Å². The summed E-state index contributed by atoms with van der Waals surface area (Å²) in [6.45, 7) is 3.57. The molecule has 0 fully saturated rings. The number of para-hydroxylation sites is 2. The monoisotopic (exact) mass is 377 g/mol. The van der Waals surface area contributed by atoms with Crippen LogP contribution in [0.2, 0.25) is 0 Å². The van der Waals surface area contributed by atoms with Crippen LogP contribution in [0.5, 0.6) is 11.5 Å². The number of rotatable bonds is 3. The van der Waals surface area contributed by atoms with Crippen molar-refractivity contribution in [3.63, 3.8) is 0 Å². The molecule has 25 heavy (non-hydrogen) atoms. The molecule has 0 aliphatic carbocycles. The predicted molar refractivity (Wildman–Crippen MR) is 94.7 cm³/mol. The molecule has 0 atom stereocenters. The fourth-order valence-corrected chi connectivity index (χ4v) is 1.70. The maximum absolute atomic E-state index is 9.44. The van der Waals surface area contributed by atoms with Gasteiger partial charge in [0.15, 0.2) is 0 Å². The molecule has 0 aliphatic rings. The molecule has 1 heterocycles. The van der Waals surface area contributed by atoms with Gasteiger partial charge in [-0.15, -0.1) is 10.2 Å². The smallest absolute Gasteiger partial charge is 0.143 e. The third-order valence-electron chi connectivity index (χ3n) is 2.93. The van der Waals surface area contributed by atoms with Crippen molar-refractivity contribution in [2.75, 3.05) is 0 Å². The molecule has 1 aromatic heterocycles. The Bertz CT molecular complexity index is 776. The SMILES string of the molecule is C=Cc1ccccn1.Oc1ccccc1N=Nc1ccccc1O.[Ni]. The maximum atomic E-state index is 9.44. The van der Waals surface area contributed by atoms with Crippen molar-refractivity contribution in [1.29, 1.82) is 0 Å². The number of azo groups is 1. The molecule has 0 aliphatic heterocycles. The third-order valence-corrected chi connectivity index (χ3v) is 2.93. The number of aromatic nitrogens is 1. The van der Waals surface area contributed by atoms with Gasteiger partial charge in [-0.25, -0.2) is 0 Å². The summed E-state index contributed by atoms with van der Waals surface area (Å²) in [6.07, 6.45) is 3.47. The molecular formula is C19H17N3NiO2. The van der Waals surface area contributed by atoms with E-state index in [0.29, 0.717) is 11.4 Å². The zero-order valence-corrected chi connectivity index (χ0v) is 14.3. The second-order valence-electron chi connectivity index (χ2n) is 4.64. The van der Waals surface area contributed by atoms with Crippen LogP contribution in [-0.4, -0.2) is 15.2 Å². The minimum Gasteiger partial charge on any atom is -0.506 e. The summed E-state index contributed by atoms with van der Waals surface area (Å²) in [5.41, 5.74) is 1.66. The number of hydrogen-bond acceptors (Lipinski definition) is 5. The van der Waals surface area contributed by atoms with Gasteiger partial charge in [0.05, 0.1) is 5.69 Å². The molecule has 3 rings (SSSR count). The van der Waals surface area contributed by atoms with Gasteiger partial charge in [-0.2, -0.15) is 0 Å². The number of nitrogens with zero attached hydrogens (tertiary/aromatic N) is 3. The average Bonchev–Trinajstić information content (AvgIpc) is 2.63. The van der Waals surface area contributed by atoms with Crippen LogP contribution in [0.4, 0.5) is 11.4 Å². The normalized spacial score (nSPS) is 9.60. The molecular weight excluding hydrogens is 361 g/mol. The Morgan fingerprint density at radius 1 is 0.760 bits per heavy atom. The van der Waals surface area contributed by atoms with Crippen molar-refractivity contribution in [3.8, 4) is 11.5 Å². The zero-order valence-electron chi connectivity index (χ0n) is 13.3. The van der Waals surface area contributed by atoms with E-state index in [2.05, 4.69) is 21.8 Å². The van der Waals surface area contributed by atoms with E-state index in [1.807, 2.05) is 18.2 Å². The molecule has 6 heteroatoms. The number of phenols is 2. The minimum atomic E-state index is 0. The number of benzene rings is 2. The minimum absolute atomic E-state index is 0. The summed E-state index contributed by atoms with van der Waals surface area (Å²) >= 11 is 0. The molecule has 0 unspecified atom stereocenters. The van der Waals surface area contributed by atoms with Crippen molar-refractivity contribution in [1.82, 2.24) is 4.98 Å². The third kappa shape index (κ3) is 6.57. The van der Waals surface area contributed by atoms with Crippen molar-refractivity contribution >= 4 is 17.5 Å². The van der Waals surface area contributed by atoms with E-state index in [1.54, 1.807) is 48.7 Å². The second kappa shape index (κ2) is 10.7. The first-order chi connectivity index (χ1) is 11.7. The molecule has 0 radical (unpaired) electrons. The van der Waals surface area contributed by atoms with E-state index in [4.69, 9.17) is 0 Å². The predicted octanol–water partition coefficient (Wildman–Crippen LogP) is 5.24. The standard InChI is InChI=1S/C12H10N2O2.C7H7N.Ni/c15-11-7-3-1-5-9(11)13-14-10-6-2-4-8-12(10)16;1-2-7-5-3-4-6-8-7;/h1-8,15-16H;2-6H,1H2;. The molecule has 0 saturated carbocycles. The molecule has 0 amide bonds. The van der Waals surface area contributed by atoms with Crippen molar-refractivity contribution in [2.45, 2.75) is 0 Å². The Morgan fingerprint density at radius 2 is 1.24 bits per heavy atom. The van der Waals surface area contributed by atoms with Crippen molar-refractivity contribution in [3.05, 3.63) is 85.2 Å². The van der Waals surface area contributed by atoms with Crippen LogP contribution in [0.25, 0.3) is 6.08 Å². The quantitative estimate of drug-likeness (QED) is 0.484. The summed E-state index contributed by atoms with van der Waals surface area (Å²) in [6, 6.07) is 19.0. The largest absolute Gasteiger partial charge is 0.506 e.